The van der Waals surface area contributed by atoms with Crippen molar-refractivity contribution in [1.29, 1.82) is 0 Å². The van der Waals surface area contributed by atoms with Gasteiger partial charge in [-0.2, -0.15) is 0 Å². The second kappa shape index (κ2) is 9.27. The van der Waals surface area contributed by atoms with Crippen molar-refractivity contribution in [2.75, 3.05) is 11.9 Å². The van der Waals surface area contributed by atoms with Crippen molar-refractivity contribution >= 4 is 22.6 Å². The van der Waals surface area contributed by atoms with Crippen LogP contribution in [0.15, 0.2) is 72.8 Å². The molecule has 30 heavy (non-hydrogen) atoms. The summed E-state index contributed by atoms with van der Waals surface area (Å²) in [6, 6.07) is 24.0. The Balaban J connectivity index is 1.33. The van der Waals surface area contributed by atoms with Gasteiger partial charge in [-0.25, -0.2) is 4.98 Å². The molecule has 0 spiro atoms. The fourth-order valence-corrected chi connectivity index (χ4v) is 3.54. The molecule has 5 heteroatoms. The SMILES string of the molecule is CCc1ccccc1NCc1cccc(C(=O)NCCc2nc3ccccc3[nH]2)c1. The minimum atomic E-state index is -0.0677. The van der Waals surface area contributed by atoms with Crippen molar-refractivity contribution < 1.29 is 4.79 Å². The lowest BCUT2D eigenvalue weighted by atomic mass is 10.1. The second-order valence-corrected chi connectivity index (χ2v) is 7.27. The third kappa shape index (κ3) is 4.69. The van der Waals surface area contributed by atoms with Crippen LogP contribution >= 0.6 is 0 Å². The number of para-hydroxylation sites is 3. The summed E-state index contributed by atoms with van der Waals surface area (Å²) in [7, 11) is 0. The highest BCUT2D eigenvalue weighted by atomic mass is 16.1. The summed E-state index contributed by atoms with van der Waals surface area (Å²) in [6.45, 7) is 3.36. The van der Waals surface area contributed by atoms with Crippen molar-refractivity contribution in [1.82, 2.24) is 15.3 Å². The molecule has 3 N–H and O–H groups in total. The third-order valence-corrected chi connectivity index (χ3v) is 5.16. The standard InChI is InChI=1S/C25H26N4O/c1-2-19-9-3-4-11-21(19)27-17-18-8-7-10-20(16-18)25(30)26-15-14-24-28-22-12-5-6-13-23(22)29-24/h3-13,16,27H,2,14-15,17H2,1H3,(H,26,30)(H,28,29). The van der Waals surface area contributed by atoms with Crippen LogP contribution in [0.2, 0.25) is 0 Å². The Kier molecular flexibility index (Phi) is 6.09. The number of rotatable bonds is 8. The summed E-state index contributed by atoms with van der Waals surface area (Å²) in [6.07, 6.45) is 1.65. The maximum Gasteiger partial charge on any atom is 0.251 e. The van der Waals surface area contributed by atoms with Crippen LogP contribution in [-0.2, 0) is 19.4 Å². The number of carbonyl (C=O) groups excluding carboxylic acids is 1. The van der Waals surface area contributed by atoms with Gasteiger partial charge in [-0.3, -0.25) is 4.79 Å². The number of hydrogen-bond acceptors (Lipinski definition) is 3. The van der Waals surface area contributed by atoms with E-state index in [0.717, 1.165) is 34.5 Å². The van der Waals surface area contributed by atoms with E-state index >= 15 is 0 Å². The summed E-state index contributed by atoms with van der Waals surface area (Å²) in [4.78, 5) is 20.4. The van der Waals surface area contributed by atoms with Gasteiger partial charge in [-0.15, -0.1) is 0 Å². The molecule has 0 saturated heterocycles. The lowest BCUT2D eigenvalue weighted by Crippen LogP contribution is -2.26. The summed E-state index contributed by atoms with van der Waals surface area (Å²) in [5.74, 6) is 0.811. The zero-order valence-electron chi connectivity index (χ0n) is 17.1. The Labute approximate surface area is 176 Å². The highest BCUT2D eigenvalue weighted by Crippen LogP contribution is 2.17. The molecule has 152 valence electrons. The predicted molar refractivity (Wildman–Crippen MR) is 122 cm³/mol. The number of H-pyrrole nitrogens is 1. The molecule has 0 atom stereocenters. The van der Waals surface area contributed by atoms with E-state index in [1.807, 2.05) is 54.6 Å². The van der Waals surface area contributed by atoms with E-state index in [9.17, 15) is 4.79 Å². The minimum Gasteiger partial charge on any atom is -0.381 e. The summed E-state index contributed by atoms with van der Waals surface area (Å²) >= 11 is 0. The van der Waals surface area contributed by atoms with E-state index in [0.29, 0.717) is 25.1 Å². The van der Waals surface area contributed by atoms with E-state index in [1.165, 1.54) is 5.56 Å². The Hall–Kier alpha value is -3.60. The number of aryl methyl sites for hydroxylation is 1. The van der Waals surface area contributed by atoms with Crippen molar-refractivity contribution in [3.63, 3.8) is 0 Å². The van der Waals surface area contributed by atoms with Gasteiger partial charge in [0, 0.05) is 30.8 Å². The summed E-state index contributed by atoms with van der Waals surface area (Å²) in [5, 5.41) is 6.47. The average Bonchev–Trinajstić information content (AvgIpc) is 3.21. The van der Waals surface area contributed by atoms with Crippen LogP contribution in [0, 0.1) is 0 Å². The number of aromatic nitrogens is 2. The first-order valence-electron chi connectivity index (χ1n) is 10.4. The Morgan fingerprint density at radius 3 is 2.70 bits per heavy atom. The molecule has 0 aliphatic heterocycles. The van der Waals surface area contributed by atoms with Gasteiger partial charge in [-0.05, 0) is 47.9 Å². The molecule has 0 saturated carbocycles. The number of anilines is 1. The van der Waals surface area contributed by atoms with Gasteiger partial charge in [-0.1, -0.05) is 49.4 Å². The van der Waals surface area contributed by atoms with Crippen LogP contribution in [0.25, 0.3) is 11.0 Å². The van der Waals surface area contributed by atoms with Crippen LogP contribution in [0.4, 0.5) is 5.69 Å². The lowest BCUT2D eigenvalue weighted by molar-refractivity contribution is 0.0954. The van der Waals surface area contributed by atoms with Gasteiger partial charge in [0.25, 0.3) is 5.91 Å². The van der Waals surface area contributed by atoms with Crippen molar-refractivity contribution in [2.24, 2.45) is 0 Å². The molecule has 4 rings (SSSR count). The molecule has 3 aromatic carbocycles. The first-order chi connectivity index (χ1) is 14.7. The van der Waals surface area contributed by atoms with E-state index in [2.05, 4.69) is 45.7 Å². The van der Waals surface area contributed by atoms with Crippen LogP contribution in [0.1, 0.15) is 34.2 Å². The molecule has 0 bridgehead atoms. The van der Waals surface area contributed by atoms with Gasteiger partial charge in [0.05, 0.1) is 11.0 Å². The number of nitrogens with zero attached hydrogens (tertiary/aromatic N) is 1. The molecule has 4 aromatic rings. The topological polar surface area (TPSA) is 69.8 Å². The average molecular weight is 399 g/mol. The van der Waals surface area contributed by atoms with Gasteiger partial charge >= 0.3 is 0 Å². The van der Waals surface area contributed by atoms with Crippen LogP contribution in [0.5, 0.6) is 0 Å². The van der Waals surface area contributed by atoms with Gasteiger partial charge in [0.1, 0.15) is 5.82 Å². The molecular formula is C25H26N4O. The van der Waals surface area contributed by atoms with E-state index in [4.69, 9.17) is 0 Å². The molecular weight excluding hydrogens is 372 g/mol. The van der Waals surface area contributed by atoms with E-state index < -0.39 is 0 Å². The maximum atomic E-state index is 12.6. The fraction of sp³-hybridized carbons (Fsp3) is 0.200. The zero-order chi connectivity index (χ0) is 20.8. The zero-order valence-corrected chi connectivity index (χ0v) is 17.1. The Morgan fingerprint density at radius 1 is 1.00 bits per heavy atom. The molecule has 0 aliphatic carbocycles. The molecule has 0 aliphatic rings. The molecule has 0 unspecified atom stereocenters. The van der Waals surface area contributed by atoms with Crippen molar-refractivity contribution in [2.45, 2.75) is 26.3 Å². The fourth-order valence-electron chi connectivity index (χ4n) is 3.54. The van der Waals surface area contributed by atoms with Crippen LogP contribution in [-0.4, -0.2) is 22.4 Å². The Bertz CT molecular complexity index is 1120. The smallest absolute Gasteiger partial charge is 0.251 e. The maximum absolute atomic E-state index is 12.6. The monoisotopic (exact) mass is 398 g/mol. The van der Waals surface area contributed by atoms with Crippen molar-refractivity contribution in [3.05, 3.63) is 95.3 Å². The second-order valence-electron chi connectivity index (χ2n) is 7.27. The normalized spacial score (nSPS) is 10.8. The largest absolute Gasteiger partial charge is 0.381 e. The summed E-state index contributed by atoms with van der Waals surface area (Å²) < 4.78 is 0. The molecule has 0 fully saturated rings. The number of carbonyl (C=O) groups is 1. The van der Waals surface area contributed by atoms with Crippen molar-refractivity contribution in [3.8, 4) is 0 Å². The molecule has 0 radical (unpaired) electrons. The minimum absolute atomic E-state index is 0.0677. The number of benzene rings is 3. The lowest BCUT2D eigenvalue weighted by Gasteiger charge is -2.12. The number of imidazole rings is 1. The van der Waals surface area contributed by atoms with Crippen LogP contribution < -0.4 is 10.6 Å². The number of aromatic amines is 1. The first-order valence-corrected chi connectivity index (χ1v) is 10.4. The van der Waals surface area contributed by atoms with Gasteiger partial charge in [0.2, 0.25) is 0 Å². The van der Waals surface area contributed by atoms with Crippen LogP contribution in [0.3, 0.4) is 0 Å². The number of hydrogen-bond donors (Lipinski definition) is 3. The Morgan fingerprint density at radius 2 is 1.83 bits per heavy atom. The number of fused-ring (bicyclic) bond motifs is 1. The van der Waals surface area contributed by atoms with Gasteiger partial charge in [0.15, 0.2) is 0 Å². The quantitative estimate of drug-likeness (QED) is 0.403. The van der Waals surface area contributed by atoms with E-state index in [1.54, 1.807) is 0 Å². The highest BCUT2D eigenvalue weighted by molar-refractivity contribution is 5.94. The molecule has 1 amide bonds. The van der Waals surface area contributed by atoms with E-state index in [-0.39, 0.29) is 5.91 Å². The number of nitrogens with one attached hydrogen (secondary N) is 3. The number of amides is 1. The molecule has 5 nitrogen and oxygen atoms in total. The van der Waals surface area contributed by atoms with Gasteiger partial charge < -0.3 is 15.6 Å². The summed E-state index contributed by atoms with van der Waals surface area (Å²) in [5.41, 5.74) is 6.14. The molecule has 1 heterocycles. The highest BCUT2D eigenvalue weighted by Gasteiger charge is 2.08. The molecule has 1 aromatic heterocycles. The predicted octanol–water partition coefficient (Wildman–Crippen LogP) is 4.71. The first kappa shape index (κ1) is 19.7. The third-order valence-electron chi connectivity index (χ3n) is 5.16.